The Kier molecular flexibility index (Phi) is 23.5. The highest BCUT2D eigenvalue weighted by Crippen LogP contribution is 2.66. The predicted octanol–water partition coefficient (Wildman–Crippen LogP) is 2.73. The first kappa shape index (κ1) is 63.0. The van der Waals surface area contributed by atoms with Gasteiger partial charge >= 0.3 is 35.5 Å². The first-order valence-corrected chi connectivity index (χ1v) is 31.9. The first-order chi connectivity index (χ1) is 35.6. The molecule has 0 radical (unpaired) electrons. The predicted molar refractivity (Wildman–Crippen MR) is 279 cm³/mol. The van der Waals surface area contributed by atoms with Crippen molar-refractivity contribution in [2.24, 2.45) is 0 Å². The third kappa shape index (κ3) is 20.1. The van der Waals surface area contributed by atoms with E-state index in [-0.39, 0.29) is 85.3 Å². The lowest BCUT2D eigenvalue weighted by molar-refractivity contribution is -0.140. The maximum atomic E-state index is 13.6. The largest absolute Gasteiger partial charge is 0.490 e. The van der Waals surface area contributed by atoms with E-state index in [0.717, 1.165) is 18.6 Å². The number of aromatic nitrogens is 3. The number of aliphatic hydroxyl groups is 1. The normalized spacial score (nSPS) is 22.7. The second-order valence-corrected chi connectivity index (χ2v) is 27.3. The molecule has 0 aliphatic carbocycles. The van der Waals surface area contributed by atoms with Crippen LogP contribution in [-0.2, 0) is 55.5 Å². The Morgan fingerprint density at radius 2 is 1.76 bits per heavy atom. The number of nitrogen functional groups attached to an aromatic ring is 1. The minimum Gasteiger partial charge on any atom is -0.481 e. The number of aliphatic carboxylic acids is 1. The maximum Gasteiger partial charge on any atom is 0.490 e. The maximum absolute atomic E-state index is 13.6. The summed E-state index contributed by atoms with van der Waals surface area (Å²) in [5, 5.41) is 34.7. The van der Waals surface area contributed by atoms with Crippen molar-refractivity contribution in [1.82, 2.24) is 41.1 Å². The van der Waals surface area contributed by atoms with Crippen molar-refractivity contribution in [3.8, 4) is 11.8 Å². The fraction of sp³-hybridized carbons (Fsp3) is 0.667. The summed E-state index contributed by atoms with van der Waals surface area (Å²) < 4.78 is 53.6. The van der Waals surface area contributed by atoms with Gasteiger partial charge in [0.2, 0.25) is 17.7 Å². The third-order valence-corrected chi connectivity index (χ3v) is 20.4. The van der Waals surface area contributed by atoms with E-state index in [4.69, 9.17) is 20.3 Å². The summed E-state index contributed by atoms with van der Waals surface area (Å²) in [6.07, 6.45) is 2.53. The van der Waals surface area contributed by atoms with Crippen molar-refractivity contribution in [3.05, 3.63) is 18.1 Å². The number of carbonyl (C=O) groups excluding carboxylic acids is 5. The molecule has 0 spiro atoms. The van der Waals surface area contributed by atoms with Crippen molar-refractivity contribution >= 4 is 109 Å². The third-order valence-electron chi connectivity index (χ3n) is 11.8. The average Bonchev–Trinajstić information content (AvgIpc) is 4.08. The highest BCUT2D eigenvalue weighted by molar-refractivity contribution is 8.77. The van der Waals surface area contributed by atoms with Gasteiger partial charge in [0.1, 0.15) is 36.2 Å². The molecule has 3 saturated heterocycles. The summed E-state index contributed by atoms with van der Waals surface area (Å²) in [6.45, 7) is 4.66. The number of ether oxygens (including phenoxy) is 1. The molecule has 3 aliphatic heterocycles. The lowest BCUT2D eigenvalue weighted by Gasteiger charge is -2.23. The Morgan fingerprint density at radius 1 is 1.01 bits per heavy atom. The van der Waals surface area contributed by atoms with E-state index in [9.17, 15) is 62.5 Å². The van der Waals surface area contributed by atoms with Gasteiger partial charge in [0.05, 0.1) is 54.8 Å². The fourth-order valence-corrected chi connectivity index (χ4v) is 15.5. The number of amides is 5. The monoisotopic (exact) mass is 1190 g/mol. The molecule has 2 aromatic rings. The number of rotatable bonds is 31. The van der Waals surface area contributed by atoms with Crippen LogP contribution in [-0.4, -0.2) is 151 Å². The van der Waals surface area contributed by atoms with Gasteiger partial charge in [-0.3, -0.25) is 28.5 Å². The highest BCUT2D eigenvalue weighted by Gasteiger charge is 2.44. The van der Waals surface area contributed by atoms with Crippen molar-refractivity contribution in [3.63, 3.8) is 0 Å². The summed E-state index contributed by atoms with van der Waals surface area (Å²) in [5.41, 5.74) is 6.72. The van der Waals surface area contributed by atoms with E-state index in [2.05, 4.69) is 61.5 Å². The molecule has 5 amide bonds. The lowest BCUT2D eigenvalue weighted by Crippen LogP contribution is -2.52. The fourth-order valence-electron chi connectivity index (χ4n) is 8.26. The summed E-state index contributed by atoms with van der Waals surface area (Å²) in [7, 11) is -14.0. The Balaban J connectivity index is 1.10. The van der Waals surface area contributed by atoms with Crippen LogP contribution in [0.25, 0.3) is 11.0 Å². The van der Waals surface area contributed by atoms with Crippen LogP contribution < -0.4 is 32.3 Å². The minimum atomic E-state index is -5.77. The van der Waals surface area contributed by atoms with Crippen molar-refractivity contribution in [2.75, 3.05) is 30.4 Å². The number of hydrogen-bond acceptors (Lipinski definition) is 20. The number of thioether (sulfide) groups is 1. The highest BCUT2D eigenvalue weighted by atomic mass is 33.1. The molecule has 76 heavy (non-hydrogen) atoms. The summed E-state index contributed by atoms with van der Waals surface area (Å²) in [6, 6.07) is -2.34. The van der Waals surface area contributed by atoms with Gasteiger partial charge in [-0.25, -0.2) is 28.5 Å². The Labute approximate surface area is 449 Å². The van der Waals surface area contributed by atoms with Gasteiger partial charge in [-0.05, 0) is 46.0 Å². The number of phosphoric ester groups is 1. The molecule has 10 atom stereocenters. The van der Waals surface area contributed by atoms with Gasteiger partial charge in [0.15, 0.2) is 5.78 Å². The SMILES string of the molecule is CCCCC(=O)C(CC(=O)O)NC(=O)C(CCCSSC(C)(C)CC(=O)NCC#Cc1cn(C2CC(O)C(COP(=O)(O)OP(=O)(O)OP(=O)(O)O)O2)c2ncnc(N)c12)NC(=O)CCCC[C@@H]1SC[C@@H]2NC(=O)N[C@@H]21. The number of ketones is 1. The summed E-state index contributed by atoms with van der Waals surface area (Å²) >= 11 is 1.78. The second kappa shape index (κ2) is 28.4. The van der Waals surface area contributed by atoms with Gasteiger partial charge in [-0.2, -0.15) is 20.4 Å². The second-order valence-electron chi connectivity index (χ2n) is 18.5. The Bertz CT molecular complexity index is 2640. The molecule has 424 valence electrons. The molecule has 0 bridgehead atoms. The number of fused-ring (bicyclic) bond motifs is 2. The number of carboxylic acid groups (broad SMARTS) is 1. The van der Waals surface area contributed by atoms with E-state index in [1.807, 2.05) is 20.8 Å². The number of anilines is 1. The molecule has 0 aromatic carbocycles. The molecule has 5 rings (SSSR count). The van der Waals surface area contributed by atoms with Gasteiger partial charge < -0.3 is 71.4 Å². The van der Waals surface area contributed by atoms with E-state index in [1.54, 1.807) is 11.8 Å². The summed E-state index contributed by atoms with van der Waals surface area (Å²) in [5.74, 6) is 4.16. The van der Waals surface area contributed by atoms with Crippen LogP contribution in [0.1, 0.15) is 110 Å². The van der Waals surface area contributed by atoms with E-state index < -0.39 is 89.4 Å². The lowest BCUT2D eigenvalue weighted by atomic mass is 10.0. The van der Waals surface area contributed by atoms with Gasteiger partial charge in [-0.15, -0.1) is 0 Å². The van der Waals surface area contributed by atoms with Crippen LogP contribution in [0.2, 0.25) is 0 Å². The zero-order valence-corrected chi connectivity index (χ0v) is 46.7. The van der Waals surface area contributed by atoms with Crippen LogP contribution in [0.5, 0.6) is 0 Å². The van der Waals surface area contributed by atoms with E-state index >= 15 is 0 Å². The smallest absolute Gasteiger partial charge is 0.481 e. The number of nitrogens with one attached hydrogen (secondary N) is 5. The molecular weight excluding hydrogens is 1120 g/mol. The molecule has 13 N–H and O–H groups in total. The molecule has 7 unspecified atom stereocenters. The number of urea groups is 1. The quantitative estimate of drug-likeness (QED) is 0.0170. The van der Waals surface area contributed by atoms with E-state index in [0.29, 0.717) is 42.4 Å². The van der Waals surface area contributed by atoms with Crippen LogP contribution in [0.3, 0.4) is 0 Å². The number of carbonyl (C=O) groups is 6. The molecule has 5 heterocycles. The number of unbranched alkanes of at least 4 members (excludes halogenated alkanes) is 2. The minimum absolute atomic E-state index is 0.0394. The zero-order valence-electron chi connectivity index (χ0n) is 41.6. The number of aliphatic hydroxyl groups excluding tert-OH is 1. The number of carboxylic acids is 1. The molecule has 3 aliphatic rings. The number of phosphoric acid groups is 3. The molecule has 2 aromatic heterocycles. The van der Waals surface area contributed by atoms with E-state index in [1.165, 1.54) is 38.7 Å². The molecule has 3 fully saturated rings. The number of nitrogens with zero attached hydrogens (tertiary/aromatic N) is 3. The number of Topliss-reactive ketones (excluding diaryl/α,β-unsaturated/α-hetero) is 1. The first-order valence-electron chi connectivity index (χ1n) is 24.0. The van der Waals surface area contributed by atoms with Crippen molar-refractivity contribution in [1.29, 1.82) is 0 Å². The van der Waals surface area contributed by atoms with Gasteiger partial charge in [0, 0.05) is 53.4 Å². The van der Waals surface area contributed by atoms with Crippen molar-refractivity contribution in [2.45, 2.75) is 150 Å². The Hall–Kier alpha value is -3.82. The standard InChI is InChI=1S/C42H64N9O19P3S3/c1-4-5-12-28(52)26(17-35(56)57)48-40(58)25(47-32(54)14-7-6-13-31-37-27(22-74-31)49-41(59)50-37)11-9-16-75-76-42(2,3)19-33(55)44-15-8-10-24-20-51(39-36(24)38(43)45-23-46-39)34-18-29(53)30(68-34)21-67-72(63,64)70-73(65,66)69-71(60,61)62/h20,23,25-27,29-31,34,37,53H,4-7,9,11-19,21-22H2,1-3H3,(H,44,55)(H,47,54)(H,48,58)(H,56,57)(H,63,64)(H,65,66)(H2,43,45,46)(H2,49,50,59)(H2,60,61,62)/t25?,26?,27-,29?,30?,31-,34?,37-/m0/s1. The van der Waals surface area contributed by atoms with Crippen LogP contribution in [0.4, 0.5) is 10.6 Å². The van der Waals surface area contributed by atoms with Crippen LogP contribution >= 0.6 is 56.8 Å². The molecule has 34 heteroatoms. The zero-order chi connectivity index (χ0) is 56.0. The van der Waals surface area contributed by atoms with Crippen LogP contribution in [0, 0.1) is 11.8 Å². The Morgan fingerprint density at radius 3 is 2.47 bits per heavy atom. The van der Waals surface area contributed by atoms with Gasteiger partial charge in [0.25, 0.3) is 0 Å². The van der Waals surface area contributed by atoms with Gasteiger partial charge in [-0.1, -0.05) is 53.2 Å². The van der Waals surface area contributed by atoms with Crippen molar-refractivity contribution < 1.29 is 90.1 Å². The molecule has 0 saturated carbocycles. The average molecular weight is 1190 g/mol. The van der Waals surface area contributed by atoms with Crippen LogP contribution in [0.15, 0.2) is 12.5 Å². The number of nitrogens with two attached hydrogens (primary N) is 1. The topological polar surface area (TPSA) is 429 Å². The molecule has 28 nitrogen and oxygen atoms in total. The molecular formula is C42H64N9O19P3S3. The summed E-state index contributed by atoms with van der Waals surface area (Å²) in [4.78, 5) is 121. The number of hydrogen-bond donors (Lipinski definition) is 12.